The van der Waals surface area contributed by atoms with Gasteiger partial charge in [-0.15, -0.1) is 0 Å². The molecule has 1 N–H and O–H groups in total. The summed E-state index contributed by atoms with van der Waals surface area (Å²) in [5, 5.41) is 7.85. The molecule has 0 radical (unpaired) electrons. The maximum absolute atomic E-state index is 4.50. The van der Waals surface area contributed by atoms with Crippen molar-refractivity contribution in [2.24, 2.45) is 0 Å². The van der Waals surface area contributed by atoms with Crippen molar-refractivity contribution in [1.29, 1.82) is 0 Å². The van der Waals surface area contributed by atoms with Crippen LogP contribution in [0.15, 0.2) is 18.2 Å². The number of aryl methyl sites for hydroxylation is 2. The third kappa shape index (κ3) is 3.51. The van der Waals surface area contributed by atoms with E-state index in [0.29, 0.717) is 0 Å². The quantitative estimate of drug-likeness (QED) is 0.724. The van der Waals surface area contributed by atoms with Crippen LogP contribution in [0.25, 0.3) is 0 Å². The normalized spacial score (nSPS) is 10.6. The van der Waals surface area contributed by atoms with E-state index in [2.05, 4.69) is 41.6 Å². The minimum atomic E-state index is 0.869. The summed E-state index contributed by atoms with van der Waals surface area (Å²) < 4.78 is 2.06. The van der Waals surface area contributed by atoms with E-state index < -0.39 is 0 Å². The van der Waals surface area contributed by atoms with Crippen LogP contribution >= 0.6 is 0 Å². The summed E-state index contributed by atoms with van der Waals surface area (Å²) in [6.45, 7) is 12.8. The minimum absolute atomic E-state index is 0.869. The Labute approximate surface area is 92.2 Å². The molecule has 3 nitrogen and oxygen atoms in total. The SMILES string of the molecule is C=C(C)CNCc1cc(CC)nn1CC. The number of aromatic nitrogens is 2. The van der Waals surface area contributed by atoms with E-state index in [1.165, 1.54) is 11.4 Å². The average molecular weight is 207 g/mol. The zero-order valence-corrected chi connectivity index (χ0v) is 10.0. The highest BCUT2D eigenvalue weighted by molar-refractivity contribution is 5.10. The molecule has 3 heteroatoms. The molecule has 1 aromatic heterocycles. The number of rotatable bonds is 6. The molecule has 0 aliphatic carbocycles. The van der Waals surface area contributed by atoms with Crippen molar-refractivity contribution in [3.05, 3.63) is 29.6 Å². The third-order valence-corrected chi connectivity index (χ3v) is 2.31. The zero-order valence-electron chi connectivity index (χ0n) is 10.0. The molecular weight excluding hydrogens is 186 g/mol. The predicted molar refractivity (Wildman–Crippen MR) is 63.8 cm³/mol. The molecular formula is C12H21N3. The van der Waals surface area contributed by atoms with E-state index in [1.807, 2.05) is 6.92 Å². The molecule has 84 valence electrons. The van der Waals surface area contributed by atoms with Gasteiger partial charge in [-0.1, -0.05) is 19.1 Å². The van der Waals surface area contributed by atoms with E-state index in [1.54, 1.807) is 0 Å². The van der Waals surface area contributed by atoms with Crippen LogP contribution in [0.4, 0.5) is 0 Å². The van der Waals surface area contributed by atoms with E-state index >= 15 is 0 Å². The van der Waals surface area contributed by atoms with Crippen molar-refractivity contribution in [2.45, 2.75) is 40.3 Å². The van der Waals surface area contributed by atoms with Crippen LogP contribution in [0.2, 0.25) is 0 Å². The Hall–Kier alpha value is -1.09. The Morgan fingerprint density at radius 3 is 2.80 bits per heavy atom. The predicted octanol–water partition coefficient (Wildman–Crippen LogP) is 2.13. The van der Waals surface area contributed by atoms with Crippen molar-refractivity contribution in [1.82, 2.24) is 15.1 Å². The van der Waals surface area contributed by atoms with Gasteiger partial charge in [-0.3, -0.25) is 4.68 Å². The van der Waals surface area contributed by atoms with Gasteiger partial charge in [0.25, 0.3) is 0 Å². The molecule has 1 rings (SSSR count). The summed E-state index contributed by atoms with van der Waals surface area (Å²) in [4.78, 5) is 0. The van der Waals surface area contributed by atoms with Crippen molar-refractivity contribution >= 4 is 0 Å². The lowest BCUT2D eigenvalue weighted by Gasteiger charge is -2.05. The molecule has 15 heavy (non-hydrogen) atoms. The van der Waals surface area contributed by atoms with Gasteiger partial charge in [0.2, 0.25) is 0 Å². The second-order valence-electron chi connectivity index (χ2n) is 3.86. The number of hydrogen-bond donors (Lipinski definition) is 1. The second kappa shape index (κ2) is 5.71. The monoisotopic (exact) mass is 207 g/mol. The first kappa shape index (κ1) is 12.0. The maximum atomic E-state index is 4.50. The van der Waals surface area contributed by atoms with E-state index in [-0.39, 0.29) is 0 Å². The molecule has 0 bridgehead atoms. The van der Waals surface area contributed by atoms with Gasteiger partial charge >= 0.3 is 0 Å². The lowest BCUT2D eigenvalue weighted by atomic mass is 10.3. The summed E-state index contributed by atoms with van der Waals surface area (Å²) in [5.74, 6) is 0. The Balaban J connectivity index is 2.58. The van der Waals surface area contributed by atoms with E-state index in [4.69, 9.17) is 0 Å². The van der Waals surface area contributed by atoms with Gasteiger partial charge < -0.3 is 5.32 Å². The second-order valence-corrected chi connectivity index (χ2v) is 3.86. The molecule has 0 fully saturated rings. The zero-order chi connectivity index (χ0) is 11.3. The minimum Gasteiger partial charge on any atom is -0.307 e. The molecule has 0 aromatic carbocycles. The van der Waals surface area contributed by atoms with Crippen molar-refractivity contribution in [3.8, 4) is 0 Å². The van der Waals surface area contributed by atoms with Gasteiger partial charge in [-0.05, 0) is 26.3 Å². The Bertz CT molecular complexity index is 326. The summed E-state index contributed by atoms with van der Waals surface area (Å²) in [6.07, 6.45) is 1.00. The summed E-state index contributed by atoms with van der Waals surface area (Å²) in [7, 11) is 0. The lowest BCUT2D eigenvalue weighted by molar-refractivity contribution is 0.588. The molecule has 0 spiro atoms. The van der Waals surface area contributed by atoms with Crippen LogP contribution in [0.5, 0.6) is 0 Å². The Kier molecular flexibility index (Phi) is 4.56. The topological polar surface area (TPSA) is 29.9 Å². The molecule has 0 saturated carbocycles. The molecule has 0 amide bonds. The highest BCUT2D eigenvalue weighted by atomic mass is 15.3. The summed E-state index contributed by atoms with van der Waals surface area (Å²) in [5.41, 5.74) is 3.59. The fraction of sp³-hybridized carbons (Fsp3) is 0.583. The van der Waals surface area contributed by atoms with Gasteiger partial charge in [0.1, 0.15) is 0 Å². The molecule has 1 aromatic rings. The highest BCUT2D eigenvalue weighted by Gasteiger charge is 2.04. The molecule has 0 aliphatic rings. The van der Waals surface area contributed by atoms with Crippen LogP contribution in [-0.2, 0) is 19.5 Å². The largest absolute Gasteiger partial charge is 0.307 e. The van der Waals surface area contributed by atoms with Crippen LogP contribution < -0.4 is 5.32 Å². The first-order chi connectivity index (χ1) is 7.17. The van der Waals surface area contributed by atoms with Gasteiger partial charge in [0.15, 0.2) is 0 Å². The van der Waals surface area contributed by atoms with Gasteiger partial charge in [-0.2, -0.15) is 5.10 Å². The Morgan fingerprint density at radius 2 is 2.27 bits per heavy atom. The fourth-order valence-corrected chi connectivity index (χ4v) is 1.51. The molecule has 0 unspecified atom stereocenters. The van der Waals surface area contributed by atoms with Crippen molar-refractivity contribution in [2.75, 3.05) is 6.54 Å². The maximum Gasteiger partial charge on any atom is 0.0625 e. The summed E-state index contributed by atoms with van der Waals surface area (Å²) in [6, 6.07) is 2.18. The first-order valence-electron chi connectivity index (χ1n) is 5.58. The molecule has 1 heterocycles. The molecule has 0 saturated heterocycles. The van der Waals surface area contributed by atoms with E-state index in [0.717, 1.165) is 31.6 Å². The molecule has 0 aliphatic heterocycles. The average Bonchev–Trinajstić information content (AvgIpc) is 2.60. The van der Waals surface area contributed by atoms with Gasteiger partial charge in [0, 0.05) is 19.6 Å². The number of nitrogens with zero attached hydrogens (tertiary/aromatic N) is 2. The van der Waals surface area contributed by atoms with Crippen molar-refractivity contribution < 1.29 is 0 Å². The van der Waals surface area contributed by atoms with Crippen LogP contribution in [0.3, 0.4) is 0 Å². The molecule has 0 atom stereocenters. The van der Waals surface area contributed by atoms with Crippen LogP contribution in [0, 0.1) is 0 Å². The highest BCUT2D eigenvalue weighted by Crippen LogP contribution is 2.05. The standard InChI is InChI=1S/C12H21N3/c1-5-11-7-12(15(6-2)14-11)9-13-8-10(3)4/h7,13H,3,5-6,8-9H2,1-2,4H3. The van der Waals surface area contributed by atoms with Gasteiger partial charge in [-0.25, -0.2) is 0 Å². The van der Waals surface area contributed by atoms with Crippen LogP contribution in [-0.4, -0.2) is 16.3 Å². The van der Waals surface area contributed by atoms with E-state index in [9.17, 15) is 0 Å². The van der Waals surface area contributed by atoms with Crippen LogP contribution in [0.1, 0.15) is 32.2 Å². The third-order valence-electron chi connectivity index (χ3n) is 2.31. The number of nitrogens with one attached hydrogen (secondary N) is 1. The first-order valence-corrected chi connectivity index (χ1v) is 5.58. The van der Waals surface area contributed by atoms with Gasteiger partial charge in [0.05, 0.1) is 11.4 Å². The Morgan fingerprint density at radius 1 is 1.53 bits per heavy atom. The smallest absolute Gasteiger partial charge is 0.0625 e. The number of hydrogen-bond acceptors (Lipinski definition) is 2. The lowest BCUT2D eigenvalue weighted by Crippen LogP contribution is -2.18. The fourth-order valence-electron chi connectivity index (χ4n) is 1.51. The summed E-state index contributed by atoms with van der Waals surface area (Å²) >= 11 is 0. The van der Waals surface area contributed by atoms with Crippen molar-refractivity contribution in [3.63, 3.8) is 0 Å².